The van der Waals surface area contributed by atoms with Gasteiger partial charge in [-0.05, 0) is 31.1 Å². The molecule has 1 rings (SSSR count). The molecule has 0 radical (unpaired) electrons. The van der Waals surface area contributed by atoms with E-state index in [0.29, 0.717) is 12.8 Å². The first kappa shape index (κ1) is 18.3. The molecule has 3 N–H and O–H groups in total. The molecule has 0 aliphatic heterocycles. The average Bonchev–Trinajstić information content (AvgIpc) is 2.15. The fraction of sp³-hybridized carbons (Fsp3) is 0.900. The van der Waals surface area contributed by atoms with E-state index in [0.717, 1.165) is 19.3 Å². The van der Waals surface area contributed by atoms with Crippen molar-refractivity contribution in [1.82, 2.24) is 0 Å². The van der Waals surface area contributed by atoms with E-state index in [-0.39, 0.29) is 47.1 Å². The number of aliphatic carboxylic acids is 1. The van der Waals surface area contributed by atoms with Gasteiger partial charge in [-0.25, -0.2) is 0 Å². The Hall–Kier alpha value is 0.340. The summed E-state index contributed by atoms with van der Waals surface area (Å²) in [5, 5.41) is 10.5. The molecule has 8 heteroatoms. The summed E-state index contributed by atoms with van der Waals surface area (Å²) >= 11 is 0. The van der Waals surface area contributed by atoms with Gasteiger partial charge in [0.05, 0.1) is 11.7 Å². The van der Waals surface area contributed by atoms with Crippen LogP contribution in [0.5, 0.6) is 0 Å². The Morgan fingerprint density at radius 3 is 2.44 bits per heavy atom. The fourth-order valence-corrected chi connectivity index (χ4v) is 3.42. The van der Waals surface area contributed by atoms with Crippen molar-refractivity contribution in [1.29, 1.82) is 0 Å². The number of carboxylic acid groups (broad SMARTS) is 1. The Balaban J connectivity index is 0.00000289. The van der Waals surface area contributed by atoms with E-state index < -0.39 is 22.1 Å². The third-order valence-corrected chi connectivity index (χ3v) is 4.12. The standard InChI is InChI=1S/C10H19NO5S.Na/c11-9(10(12)13)5-7-2-1-3-8(4-7)6-17(14,15)16;/h7-9H,1-6,11H2,(H,12,13)(H,14,15,16);/q;+1/p-1/t7?,8?,9-;/m1./s1. The molecule has 6 nitrogen and oxygen atoms in total. The Morgan fingerprint density at radius 2 is 1.94 bits per heavy atom. The van der Waals surface area contributed by atoms with E-state index in [1.807, 2.05) is 0 Å². The number of carbonyl (C=O) groups is 1. The summed E-state index contributed by atoms with van der Waals surface area (Å²) in [5.74, 6) is -1.52. The van der Waals surface area contributed by atoms with Gasteiger partial charge in [-0.2, -0.15) is 8.42 Å². The Labute approximate surface area is 129 Å². The van der Waals surface area contributed by atoms with Crippen molar-refractivity contribution < 1.29 is 52.4 Å². The minimum Gasteiger partial charge on any atom is -0.548 e. The summed E-state index contributed by atoms with van der Waals surface area (Å²) in [5.41, 5.74) is 5.39. The van der Waals surface area contributed by atoms with Crippen molar-refractivity contribution in [2.75, 3.05) is 5.75 Å². The van der Waals surface area contributed by atoms with Crippen LogP contribution in [0.2, 0.25) is 0 Å². The van der Waals surface area contributed by atoms with Crippen molar-refractivity contribution in [2.45, 2.75) is 38.1 Å². The molecule has 100 valence electrons. The van der Waals surface area contributed by atoms with Crippen LogP contribution in [0.15, 0.2) is 0 Å². The Bertz CT molecular complexity index is 372. The molecular weight excluding hydrogens is 269 g/mol. The first-order chi connectivity index (χ1) is 7.78. The molecule has 1 fully saturated rings. The van der Waals surface area contributed by atoms with E-state index in [1.165, 1.54) is 0 Å². The molecule has 0 aromatic heterocycles. The summed E-state index contributed by atoms with van der Waals surface area (Å²) in [6.45, 7) is 0. The molecule has 0 aromatic rings. The van der Waals surface area contributed by atoms with Crippen molar-refractivity contribution >= 4 is 16.1 Å². The molecule has 18 heavy (non-hydrogen) atoms. The minimum atomic E-state index is -3.95. The topological polar surface area (TPSA) is 121 Å². The van der Waals surface area contributed by atoms with Crippen molar-refractivity contribution in [3.8, 4) is 0 Å². The summed E-state index contributed by atoms with van der Waals surface area (Å²) in [7, 11) is -3.95. The van der Waals surface area contributed by atoms with Gasteiger partial charge >= 0.3 is 29.6 Å². The molecule has 0 saturated heterocycles. The van der Waals surface area contributed by atoms with Crippen LogP contribution in [0.4, 0.5) is 0 Å². The molecule has 0 spiro atoms. The molecule has 2 unspecified atom stereocenters. The van der Waals surface area contributed by atoms with Gasteiger partial charge in [0, 0.05) is 6.04 Å². The molecule has 1 aliphatic carbocycles. The number of carboxylic acids is 1. The normalized spacial score (nSPS) is 26.1. The van der Waals surface area contributed by atoms with Crippen LogP contribution >= 0.6 is 0 Å². The molecule has 1 saturated carbocycles. The molecule has 0 bridgehead atoms. The van der Waals surface area contributed by atoms with Crippen molar-refractivity contribution in [2.24, 2.45) is 17.6 Å². The van der Waals surface area contributed by atoms with Crippen LogP contribution in [-0.2, 0) is 14.9 Å². The number of carbonyl (C=O) groups excluding carboxylic acids is 1. The van der Waals surface area contributed by atoms with Gasteiger partial charge in [0.1, 0.15) is 0 Å². The van der Waals surface area contributed by atoms with Crippen molar-refractivity contribution in [3.05, 3.63) is 0 Å². The monoisotopic (exact) mass is 287 g/mol. The van der Waals surface area contributed by atoms with E-state index >= 15 is 0 Å². The second-order valence-corrected chi connectivity index (χ2v) is 6.31. The van der Waals surface area contributed by atoms with Crippen LogP contribution < -0.4 is 40.4 Å². The van der Waals surface area contributed by atoms with E-state index in [2.05, 4.69) is 0 Å². The summed E-state index contributed by atoms with van der Waals surface area (Å²) in [4.78, 5) is 10.5. The number of rotatable bonds is 5. The first-order valence-corrected chi connectivity index (χ1v) is 7.30. The van der Waals surface area contributed by atoms with Gasteiger partial charge in [0.25, 0.3) is 10.1 Å². The third kappa shape index (κ3) is 7.06. The van der Waals surface area contributed by atoms with Crippen LogP contribution in [0.25, 0.3) is 0 Å². The van der Waals surface area contributed by atoms with E-state index in [1.54, 1.807) is 0 Å². The quantitative estimate of drug-likeness (QED) is 0.394. The van der Waals surface area contributed by atoms with Gasteiger partial charge in [0.15, 0.2) is 0 Å². The Morgan fingerprint density at radius 1 is 1.39 bits per heavy atom. The average molecular weight is 287 g/mol. The van der Waals surface area contributed by atoms with Crippen LogP contribution in [0, 0.1) is 11.8 Å². The second-order valence-electron chi connectivity index (χ2n) is 4.81. The molecular formula is C10H18NNaO5S. The van der Waals surface area contributed by atoms with Crippen LogP contribution in [0.1, 0.15) is 32.1 Å². The first-order valence-electron chi connectivity index (χ1n) is 5.69. The summed E-state index contributed by atoms with van der Waals surface area (Å²) < 4.78 is 30.3. The van der Waals surface area contributed by atoms with Gasteiger partial charge in [0.2, 0.25) is 0 Å². The molecule has 3 atom stereocenters. The maximum atomic E-state index is 10.8. The van der Waals surface area contributed by atoms with Gasteiger partial charge < -0.3 is 15.6 Å². The minimum absolute atomic E-state index is 0. The second kappa shape index (κ2) is 7.81. The molecule has 0 heterocycles. The van der Waals surface area contributed by atoms with Crippen LogP contribution in [-0.4, -0.2) is 30.7 Å². The summed E-state index contributed by atoms with van der Waals surface area (Å²) in [6.07, 6.45) is 3.34. The zero-order valence-electron chi connectivity index (χ0n) is 10.5. The molecule has 1 aliphatic rings. The fourth-order valence-electron chi connectivity index (χ4n) is 2.52. The maximum absolute atomic E-state index is 10.8. The Kier molecular flexibility index (Phi) is 7.96. The smallest absolute Gasteiger partial charge is 0.548 e. The van der Waals surface area contributed by atoms with Crippen molar-refractivity contribution in [3.63, 3.8) is 0 Å². The molecule has 0 amide bonds. The molecule has 0 aromatic carbocycles. The third-order valence-electron chi connectivity index (χ3n) is 3.23. The van der Waals surface area contributed by atoms with E-state index in [9.17, 15) is 18.3 Å². The van der Waals surface area contributed by atoms with Gasteiger partial charge in [-0.1, -0.05) is 12.8 Å². The largest absolute Gasteiger partial charge is 1.00 e. The maximum Gasteiger partial charge on any atom is 1.00 e. The van der Waals surface area contributed by atoms with Gasteiger partial charge in [-0.15, -0.1) is 0 Å². The van der Waals surface area contributed by atoms with E-state index in [4.69, 9.17) is 10.3 Å². The predicted molar refractivity (Wildman–Crippen MR) is 59.5 cm³/mol. The number of hydrogen-bond acceptors (Lipinski definition) is 5. The number of nitrogens with two attached hydrogens (primary N) is 1. The van der Waals surface area contributed by atoms with Gasteiger partial charge in [-0.3, -0.25) is 4.55 Å². The zero-order chi connectivity index (χ0) is 13.1. The number of hydrogen-bond donors (Lipinski definition) is 2. The summed E-state index contributed by atoms with van der Waals surface area (Å²) in [6, 6.07) is -0.996. The SMILES string of the molecule is N[C@H](CC1CCCC(CS(=O)(=O)O)C1)C(=O)[O-].[Na+]. The van der Waals surface area contributed by atoms with Crippen LogP contribution in [0.3, 0.4) is 0 Å². The zero-order valence-corrected chi connectivity index (χ0v) is 13.4. The predicted octanol–water partition coefficient (Wildman–Crippen LogP) is -3.85.